The van der Waals surface area contributed by atoms with Crippen LogP contribution in [0.25, 0.3) is 0 Å². The van der Waals surface area contributed by atoms with Crippen molar-refractivity contribution in [3.05, 3.63) is 29.8 Å². The van der Waals surface area contributed by atoms with Crippen LogP contribution in [0.3, 0.4) is 0 Å². The molecule has 23 heavy (non-hydrogen) atoms. The highest BCUT2D eigenvalue weighted by atomic mass is 16.5. The summed E-state index contributed by atoms with van der Waals surface area (Å²) in [5.41, 5.74) is 1.12. The number of hydrogen-bond acceptors (Lipinski definition) is 4. The second-order valence-corrected chi connectivity index (χ2v) is 6.36. The summed E-state index contributed by atoms with van der Waals surface area (Å²) in [5.74, 6) is 0.668. The molecule has 1 saturated heterocycles. The highest BCUT2D eigenvalue weighted by Crippen LogP contribution is 2.15. The van der Waals surface area contributed by atoms with Crippen LogP contribution in [-0.4, -0.2) is 47.2 Å². The molecular formula is C17H24N2O4. The number of benzene rings is 1. The van der Waals surface area contributed by atoms with Gasteiger partial charge in [-0.05, 0) is 31.4 Å². The van der Waals surface area contributed by atoms with Crippen molar-refractivity contribution in [1.82, 2.24) is 10.2 Å². The summed E-state index contributed by atoms with van der Waals surface area (Å²) in [5, 5.41) is 12.7. The van der Waals surface area contributed by atoms with Gasteiger partial charge in [-0.3, -0.25) is 9.69 Å². The Hall–Kier alpha value is -2.08. The first-order chi connectivity index (χ1) is 10.9. The van der Waals surface area contributed by atoms with E-state index in [1.54, 1.807) is 0 Å². The molecule has 1 aliphatic heterocycles. The predicted molar refractivity (Wildman–Crippen MR) is 86.2 cm³/mol. The van der Waals surface area contributed by atoms with Crippen molar-refractivity contribution < 1.29 is 19.4 Å². The molecule has 0 bridgehead atoms. The lowest BCUT2D eigenvalue weighted by atomic mass is 10.0. The molecule has 0 aliphatic carbocycles. The third kappa shape index (κ3) is 4.69. The Balaban J connectivity index is 1.84. The summed E-state index contributed by atoms with van der Waals surface area (Å²) in [7, 11) is 0. The molecule has 1 aromatic carbocycles. The Morgan fingerprint density at radius 1 is 1.26 bits per heavy atom. The molecular weight excluding hydrogens is 296 g/mol. The molecule has 2 atom stereocenters. The van der Waals surface area contributed by atoms with E-state index in [9.17, 15) is 14.7 Å². The van der Waals surface area contributed by atoms with Gasteiger partial charge in [0.2, 0.25) is 0 Å². The fourth-order valence-electron chi connectivity index (χ4n) is 2.47. The van der Waals surface area contributed by atoms with E-state index in [0.717, 1.165) is 10.5 Å². The minimum Gasteiger partial charge on any atom is -0.491 e. The number of aliphatic hydroxyl groups is 1. The standard InChI is InChI=1S/C17H24N2O4/c1-11(2)8-15-16(21)19(17(22)18-15)9-13(20)10-23-14-6-4-12(3)5-7-14/h4-7,11,13,15,20H,8-10H2,1-3H3,(H,18,22). The highest BCUT2D eigenvalue weighted by Gasteiger charge is 2.38. The van der Waals surface area contributed by atoms with Crippen LogP contribution in [0.2, 0.25) is 0 Å². The summed E-state index contributed by atoms with van der Waals surface area (Å²) in [4.78, 5) is 25.1. The van der Waals surface area contributed by atoms with E-state index >= 15 is 0 Å². The summed E-state index contributed by atoms with van der Waals surface area (Å²) >= 11 is 0. The van der Waals surface area contributed by atoms with Crippen molar-refractivity contribution in [1.29, 1.82) is 0 Å². The van der Waals surface area contributed by atoms with E-state index in [1.165, 1.54) is 0 Å². The first-order valence-electron chi connectivity index (χ1n) is 7.86. The Morgan fingerprint density at radius 2 is 1.91 bits per heavy atom. The fourth-order valence-corrected chi connectivity index (χ4v) is 2.47. The van der Waals surface area contributed by atoms with Crippen LogP contribution in [0.15, 0.2) is 24.3 Å². The van der Waals surface area contributed by atoms with E-state index in [2.05, 4.69) is 5.32 Å². The van der Waals surface area contributed by atoms with Gasteiger partial charge in [-0.1, -0.05) is 31.5 Å². The van der Waals surface area contributed by atoms with Gasteiger partial charge in [-0.15, -0.1) is 0 Å². The zero-order valence-electron chi connectivity index (χ0n) is 13.8. The summed E-state index contributed by atoms with van der Waals surface area (Å²) < 4.78 is 5.48. The summed E-state index contributed by atoms with van der Waals surface area (Å²) in [6.07, 6.45) is -0.333. The second kappa shape index (κ2) is 7.46. The van der Waals surface area contributed by atoms with Crippen LogP contribution in [-0.2, 0) is 4.79 Å². The van der Waals surface area contributed by atoms with E-state index in [-0.39, 0.29) is 19.1 Å². The molecule has 1 fully saturated rings. The number of rotatable bonds is 7. The van der Waals surface area contributed by atoms with Crippen molar-refractivity contribution >= 4 is 11.9 Å². The number of carbonyl (C=O) groups is 2. The average Bonchev–Trinajstić information content (AvgIpc) is 2.73. The third-order valence-electron chi connectivity index (χ3n) is 3.67. The van der Waals surface area contributed by atoms with Gasteiger partial charge in [-0.25, -0.2) is 4.79 Å². The van der Waals surface area contributed by atoms with Gasteiger partial charge in [0, 0.05) is 0 Å². The number of carbonyl (C=O) groups excluding carboxylic acids is 2. The number of amides is 3. The molecule has 6 nitrogen and oxygen atoms in total. The van der Waals surface area contributed by atoms with Crippen molar-refractivity contribution in [3.63, 3.8) is 0 Å². The summed E-state index contributed by atoms with van der Waals surface area (Å²) in [6, 6.07) is 6.51. The Labute approximate surface area is 136 Å². The smallest absolute Gasteiger partial charge is 0.324 e. The Kier molecular flexibility index (Phi) is 5.60. The maximum Gasteiger partial charge on any atom is 0.324 e. The lowest BCUT2D eigenvalue weighted by Crippen LogP contribution is -2.40. The van der Waals surface area contributed by atoms with Crippen molar-refractivity contribution in [2.24, 2.45) is 5.92 Å². The van der Waals surface area contributed by atoms with Crippen LogP contribution in [0.4, 0.5) is 4.79 Å². The van der Waals surface area contributed by atoms with E-state index in [4.69, 9.17) is 4.74 Å². The van der Waals surface area contributed by atoms with E-state index in [1.807, 2.05) is 45.0 Å². The van der Waals surface area contributed by atoms with Gasteiger partial charge in [0.15, 0.2) is 0 Å². The lowest BCUT2D eigenvalue weighted by molar-refractivity contribution is -0.128. The SMILES string of the molecule is Cc1ccc(OCC(O)CN2C(=O)NC(CC(C)C)C2=O)cc1. The van der Waals surface area contributed by atoms with Crippen molar-refractivity contribution in [3.8, 4) is 5.75 Å². The fraction of sp³-hybridized carbons (Fsp3) is 0.529. The minimum atomic E-state index is -0.927. The average molecular weight is 320 g/mol. The Morgan fingerprint density at radius 3 is 2.52 bits per heavy atom. The number of imide groups is 1. The van der Waals surface area contributed by atoms with Crippen LogP contribution < -0.4 is 10.1 Å². The van der Waals surface area contributed by atoms with Crippen LogP contribution in [0, 0.1) is 12.8 Å². The molecule has 0 aromatic heterocycles. The van der Waals surface area contributed by atoms with Crippen LogP contribution >= 0.6 is 0 Å². The van der Waals surface area contributed by atoms with E-state index < -0.39 is 18.2 Å². The third-order valence-corrected chi connectivity index (χ3v) is 3.67. The number of β-amino-alcohol motifs (C(OH)–C–C–N with tert-alkyl or cyclic N) is 1. The number of aryl methyl sites for hydroxylation is 1. The number of urea groups is 1. The van der Waals surface area contributed by atoms with Crippen LogP contribution in [0.1, 0.15) is 25.8 Å². The first kappa shape index (κ1) is 17.3. The zero-order valence-corrected chi connectivity index (χ0v) is 13.8. The van der Waals surface area contributed by atoms with E-state index in [0.29, 0.717) is 18.1 Å². The number of nitrogens with one attached hydrogen (secondary N) is 1. The maximum atomic E-state index is 12.2. The van der Waals surface area contributed by atoms with Gasteiger partial charge in [0.05, 0.1) is 6.54 Å². The molecule has 126 valence electrons. The minimum absolute atomic E-state index is 0.0228. The monoisotopic (exact) mass is 320 g/mol. The molecule has 1 heterocycles. The highest BCUT2D eigenvalue weighted by molar-refractivity contribution is 6.04. The number of aliphatic hydroxyl groups excluding tert-OH is 1. The van der Waals surface area contributed by atoms with Gasteiger partial charge >= 0.3 is 6.03 Å². The lowest BCUT2D eigenvalue weighted by Gasteiger charge is -2.18. The van der Waals surface area contributed by atoms with Crippen molar-refractivity contribution in [2.75, 3.05) is 13.2 Å². The largest absolute Gasteiger partial charge is 0.491 e. The number of hydrogen-bond donors (Lipinski definition) is 2. The zero-order chi connectivity index (χ0) is 17.0. The van der Waals surface area contributed by atoms with Gasteiger partial charge in [0.1, 0.15) is 24.5 Å². The second-order valence-electron chi connectivity index (χ2n) is 6.36. The normalized spacial score (nSPS) is 19.2. The van der Waals surface area contributed by atoms with Crippen molar-refractivity contribution in [2.45, 2.75) is 39.3 Å². The Bertz CT molecular complexity index is 556. The molecule has 0 radical (unpaired) electrons. The quantitative estimate of drug-likeness (QED) is 0.750. The summed E-state index contributed by atoms with van der Waals surface area (Å²) in [6.45, 7) is 5.92. The molecule has 2 N–H and O–H groups in total. The van der Waals surface area contributed by atoms with Gasteiger partial charge in [0.25, 0.3) is 5.91 Å². The number of ether oxygens (including phenoxy) is 1. The molecule has 2 unspecified atom stereocenters. The topological polar surface area (TPSA) is 78.9 Å². The first-order valence-corrected chi connectivity index (χ1v) is 7.86. The number of nitrogens with zero attached hydrogens (tertiary/aromatic N) is 1. The predicted octanol–water partition coefficient (Wildman–Crippen LogP) is 1.70. The molecule has 0 spiro atoms. The molecule has 2 rings (SSSR count). The van der Waals surface area contributed by atoms with Crippen LogP contribution in [0.5, 0.6) is 5.75 Å². The maximum absolute atomic E-state index is 12.2. The molecule has 1 aliphatic rings. The molecule has 0 saturated carbocycles. The van der Waals surface area contributed by atoms with Gasteiger partial charge in [-0.2, -0.15) is 0 Å². The molecule has 1 aromatic rings. The molecule has 6 heteroatoms. The molecule has 3 amide bonds. The van der Waals surface area contributed by atoms with Gasteiger partial charge < -0.3 is 15.2 Å².